The molecular formula is C17H13BrN2OS. The molecule has 0 unspecified atom stereocenters. The number of hydrogen-bond acceptors (Lipinski definition) is 3. The first kappa shape index (κ1) is 14.9. The van der Waals surface area contributed by atoms with E-state index in [-0.39, 0.29) is 5.91 Å². The second-order valence-corrected chi connectivity index (χ2v) is 6.68. The molecule has 3 aromatic rings. The molecule has 0 aliphatic carbocycles. The van der Waals surface area contributed by atoms with Gasteiger partial charge in [0.25, 0.3) is 5.91 Å². The number of nitrogens with one attached hydrogen (secondary N) is 1. The summed E-state index contributed by atoms with van der Waals surface area (Å²) in [7, 11) is 0. The summed E-state index contributed by atoms with van der Waals surface area (Å²) < 4.78 is 0.978. The summed E-state index contributed by atoms with van der Waals surface area (Å²) in [6.45, 7) is 1.86. The molecule has 0 atom stereocenters. The van der Waals surface area contributed by atoms with Crippen molar-refractivity contribution in [3.05, 3.63) is 69.6 Å². The van der Waals surface area contributed by atoms with Gasteiger partial charge in [0.1, 0.15) is 9.88 Å². The van der Waals surface area contributed by atoms with Crippen molar-refractivity contribution in [2.24, 2.45) is 0 Å². The zero-order valence-corrected chi connectivity index (χ0v) is 14.2. The van der Waals surface area contributed by atoms with Crippen molar-refractivity contribution in [1.82, 2.24) is 4.98 Å². The maximum atomic E-state index is 12.4. The van der Waals surface area contributed by atoms with E-state index < -0.39 is 0 Å². The number of hydrogen-bond donors (Lipinski definition) is 1. The number of halogens is 1. The molecule has 0 radical (unpaired) electrons. The third-order valence-electron chi connectivity index (χ3n) is 3.13. The molecule has 0 spiro atoms. The predicted octanol–water partition coefficient (Wildman–Crippen LogP) is 5.13. The number of benzene rings is 2. The van der Waals surface area contributed by atoms with E-state index in [9.17, 15) is 4.79 Å². The molecule has 0 bridgehead atoms. The van der Waals surface area contributed by atoms with E-state index in [1.165, 1.54) is 11.3 Å². The Hall–Kier alpha value is -1.98. The van der Waals surface area contributed by atoms with Gasteiger partial charge < -0.3 is 5.32 Å². The summed E-state index contributed by atoms with van der Waals surface area (Å²) in [6.07, 6.45) is 0. The first-order valence-corrected chi connectivity index (χ1v) is 8.34. The van der Waals surface area contributed by atoms with Crippen molar-refractivity contribution < 1.29 is 4.79 Å². The largest absolute Gasteiger partial charge is 0.321 e. The van der Waals surface area contributed by atoms with Crippen LogP contribution < -0.4 is 5.32 Å². The summed E-state index contributed by atoms with van der Waals surface area (Å²) in [5, 5.41) is 3.76. The van der Waals surface area contributed by atoms with Crippen LogP contribution in [0.4, 0.5) is 5.69 Å². The number of amides is 1. The SMILES string of the molecule is Cc1nc(-c2ccccc2)sc1C(=O)Nc1ccc(Br)cc1. The summed E-state index contributed by atoms with van der Waals surface area (Å²) in [5.74, 6) is -0.125. The maximum Gasteiger partial charge on any atom is 0.267 e. The van der Waals surface area contributed by atoms with Crippen LogP contribution in [0, 0.1) is 6.92 Å². The van der Waals surface area contributed by atoms with E-state index in [0.29, 0.717) is 4.88 Å². The Morgan fingerprint density at radius 1 is 1.09 bits per heavy atom. The van der Waals surface area contributed by atoms with Gasteiger partial charge in [-0.15, -0.1) is 11.3 Å². The molecule has 0 aliphatic rings. The van der Waals surface area contributed by atoms with E-state index in [2.05, 4.69) is 26.2 Å². The lowest BCUT2D eigenvalue weighted by molar-refractivity contribution is 0.103. The van der Waals surface area contributed by atoms with Crippen LogP contribution in [0.1, 0.15) is 15.4 Å². The van der Waals surface area contributed by atoms with E-state index in [4.69, 9.17) is 0 Å². The fraction of sp³-hybridized carbons (Fsp3) is 0.0588. The minimum absolute atomic E-state index is 0.125. The molecule has 0 saturated heterocycles. The molecule has 22 heavy (non-hydrogen) atoms. The lowest BCUT2D eigenvalue weighted by atomic mass is 10.2. The monoisotopic (exact) mass is 372 g/mol. The van der Waals surface area contributed by atoms with Crippen LogP contribution in [0.2, 0.25) is 0 Å². The Labute approximate surface area is 141 Å². The molecule has 0 saturated carbocycles. The second-order valence-electron chi connectivity index (χ2n) is 4.76. The van der Waals surface area contributed by atoms with Gasteiger partial charge in [0.2, 0.25) is 0 Å². The first-order chi connectivity index (χ1) is 10.6. The molecular weight excluding hydrogens is 360 g/mol. The Morgan fingerprint density at radius 3 is 2.45 bits per heavy atom. The molecule has 0 aliphatic heterocycles. The Bertz CT molecular complexity index is 797. The van der Waals surface area contributed by atoms with Gasteiger partial charge in [0.15, 0.2) is 0 Å². The van der Waals surface area contributed by atoms with Crippen LogP contribution in [0.25, 0.3) is 10.6 Å². The average Bonchev–Trinajstić information content (AvgIpc) is 2.92. The quantitative estimate of drug-likeness (QED) is 0.691. The number of thiazole rings is 1. The molecule has 5 heteroatoms. The lowest BCUT2D eigenvalue weighted by Gasteiger charge is -2.03. The molecule has 3 nitrogen and oxygen atoms in total. The van der Waals surface area contributed by atoms with Crippen LogP contribution in [-0.2, 0) is 0 Å². The van der Waals surface area contributed by atoms with Crippen molar-refractivity contribution in [1.29, 1.82) is 0 Å². The number of aryl methyl sites for hydroxylation is 1. The smallest absolute Gasteiger partial charge is 0.267 e. The van der Waals surface area contributed by atoms with Gasteiger partial charge in [-0.1, -0.05) is 46.3 Å². The normalized spacial score (nSPS) is 10.5. The van der Waals surface area contributed by atoms with Gasteiger partial charge in [0, 0.05) is 15.7 Å². The minimum Gasteiger partial charge on any atom is -0.321 e. The number of aromatic nitrogens is 1. The number of nitrogens with zero attached hydrogens (tertiary/aromatic N) is 1. The molecule has 1 heterocycles. The number of carbonyl (C=O) groups is 1. The van der Waals surface area contributed by atoms with E-state index in [0.717, 1.165) is 26.4 Å². The van der Waals surface area contributed by atoms with Crippen LogP contribution in [0.15, 0.2) is 59.1 Å². The van der Waals surface area contributed by atoms with Gasteiger partial charge in [-0.2, -0.15) is 0 Å². The minimum atomic E-state index is -0.125. The highest BCUT2D eigenvalue weighted by Crippen LogP contribution is 2.28. The second kappa shape index (κ2) is 6.42. The van der Waals surface area contributed by atoms with Gasteiger partial charge in [-0.05, 0) is 31.2 Å². The first-order valence-electron chi connectivity index (χ1n) is 6.73. The summed E-state index contributed by atoms with van der Waals surface area (Å²) in [4.78, 5) is 17.6. The Morgan fingerprint density at radius 2 is 1.77 bits per heavy atom. The molecule has 3 rings (SSSR count). The zero-order valence-electron chi connectivity index (χ0n) is 11.8. The van der Waals surface area contributed by atoms with E-state index in [1.54, 1.807) is 0 Å². The number of anilines is 1. The highest BCUT2D eigenvalue weighted by Gasteiger charge is 2.16. The Kier molecular flexibility index (Phi) is 4.36. The van der Waals surface area contributed by atoms with Crippen molar-refractivity contribution >= 4 is 38.9 Å². The lowest BCUT2D eigenvalue weighted by Crippen LogP contribution is -2.11. The number of carbonyl (C=O) groups excluding carboxylic acids is 1. The van der Waals surface area contributed by atoms with Crippen molar-refractivity contribution in [3.63, 3.8) is 0 Å². The van der Waals surface area contributed by atoms with Gasteiger partial charge in [-0.25, -0.2) is 4.98 Å². The maximum absolute atomic E-state index is 12.4. The van der Waals surface area contributed by atoms with Crippen molar-refractivity contribution in [3.8, 4) is 10.6 Å². The predicted molar refractivity (Wildman–Crippen MR) is 94.4 cm³/mol. The molecule has 2 aromatic carbocycles. The summed E-state index contributed by atoms with van der Waals surface area (Å²) in [5.41, 5.74) is 2.54. The molecule has 1 aromatic heterocycles. The van der Waals surface area contributed by atoms with Crippen LogP contribution in [0.3, 0.4) is 0 Å². The Balaban J connectivity index is 1.84. The third-order valence-corrected chi connectivity index (χ3v) is 4.86. The van der Waals surface area contributed by atoms with Gasteiger partial charge in [0.05, 0.1) is 5.69 Å². The van der Waals surface area contributed by atoms with Gasteiger partial charge in [-0.3, -0.25) is 4.79 Å². The summed E-state index contributed by atoms with van der Waals surface area (Å²) in [6, 6.07) is 17.4. The molecule has 110 valence electrons. The molecule has 1 amide bonds. The standard InChI is InChI=1S/C17H13BrN2OS/c1-11-15(16(21)20-14-9-7-13(18)8-10-14)22-17(19-11)12-5-3-2-4-6-12/h2-10H,1H3,(H,20,21). The van der Waals surface area contributed by atoms with E-state index in [1.807, 2.05) is 61.5 Å². The zero-order chi connectivity index (χ0) is 15.5. The fourth-order valence-electron chi connectivity index (χ4n) is 2.03. The summed E-state index contributed by atoms with van der Waals surface area (Å²) >= 11 is 4.79. The van der Waals surface area contributed by atoms with Crippen LogP contribution >= 0.6 is 27.3 Å². The van der Waals surface area contributed by atoms with Crippen molar-refractivity contribution in [2.75, 3.05) is 5.32 Å². The fourth-order valence-corrected chi connectivity index (χ4v) is 3.26. The third kappa shape index (κ3) is 3.26. The van der Waals surface area contributed by atoms with Crippen molar-refractivity contribution in [2.45, 2.75) is 6.92 Å². The van der Waals surface area contributed by atoms with Gasteiger partial charge >= 0.3 is 0 Å². The number of rotatable bonds is 3. The van der Waals surface area contributed by atoms with Crippen LogP contribution in [-0.4, -0.2) is 10.9 Å². The topological polar surface area (TPSA) is 42.0 Å². The highest BCUT2D eigenvalue weighted by molar-refractivity contribution is 9.10. The van der Waals surface area contributed by atoms with Crippen LogP contribution in [0.5, 0.6) is 0 Å². The average molecular weight is 373 g/mol. The van der Waals surface area contributed by atoms with E-state index >= 15 is 0 Å². The highest BCUT2D eigenvalue weighted by atomic mass is 79.9. The molecule has 0 fully saturated rings. The molecule has 1 N–H and O–H groups in total.